The van der Waals surface area contributed by atoms with Crippen LogP contribution in [0.2, 0.25) is 0 Å². The lowest BCUT2D eigenvalue weighted by Crippen LogP contribution is -2.51. The van der Waals surface area contributed by atoms with Crippen LogP contribution in [0.15, 0.2) is 12.4 Å². The van der Waals surface area contributed by atoms with Crippen molar-refractivity contribution < 1.29 is 9.53 Å². The number of carbonyl (C=O) groups is 1. The molecule has 0 aromatic carbocycles. The van der Waals surface area contributed by atoms with E-state index >= 15 is 0 Å². The number of carbonyl (C=O) groups excluding carboxylic acids is 1. The second-order valence-electron chi connectivity index (χ2n) is 7.10. The van der Waals surface area contributed by atoms with Crippen molar-refractivity contribution in [3.05, 3.63) is 12.4 Å². The summed E-state index contributed by atoms with van der Waals surface area (Å²) in [4.78, 5) is 27.9. The van der Waals surface area contributed by atoms with E-state index < -0.39 is 0 Å². The third-order valence-corrected chi connectivity index (χ3v) is 5.44. The largest absolute Gasteiger partial charge is 0.368 e. The average Bonchev–Trinajstić information content (AvgIpc) is 3.23. The van der Waals surface area contributed by atoms with Gasteiger partial charge in [-0.15, -0.1) is 0 Å². The van der Waals surface area contributed by atoms with Gasteiger partial charge in [0, 0.05) is 51.9 Å². The predicted molar refractivity (Wildman–Crippen MR) is 95.9 cm³/mol. The molecule has 3 saturated heterocycles. The van der Waals surface area contributed by atoms with E-state index in [9.17, 15) is 4.79 Å². The zero-order valence-corrected chi connectivity index (χ0v) is 14.8. The molecule has 7 nitrogen and oxygen atoms in total. The lowest BCUT2D eigenvalue weighted by Gasteiger charge is -2.36. The third kappa shape index (κ3) is 3.71. The smallest absolute Gasteiger partial charge is 0.251 e. The van der Waals surface area contributed by atoms with Crippen molar-refractivity contribution in [2.45, 2.75) is 38.2 Å². The van der Waals surface area contributed by atoms with E-state index in [1.54, 1.807) is 6.33 Å². The molecular formula is C18H27N5O2. The fraction of sp³-hybridized carbons (Fsp3) is 0.722. The van der Waals surface area contributed by atoms with Gasteiger partial charge in [0.1, 0.15) is 24.1 Å². The highest BCUT2D eigenvalue weighted by molar-refractivity contribution is 5.81. The Bertz CT molecular complexity index is 591. The quantitative estimate of drug-likeness (QED) is 0.823. The molecule has 4 heterocycles. The topological polar surface area (TPSA) is 61.8 Å². The second kappa shape index (κ2) is 7.56. The molecule has 3 aliphatic heterocycles. The summed E-state index contributed by atoms with van der Waals surface area (Å²) in [5.74, 6) is 2.16. The Kier molecular flexibility index (Phi) is 5.01. The number of piperazine rings is 1. The number of ether oxygens (including phenoxy) is 1. The Morgan fingerprint density at radius 3 is 2.24 bits per heavy atom. The van der Waals surface area contributed by atoms with E-state index in [0.29, 0.717) is 0 Å². The summed E-state index contributed by atoms with van der Waals surface area (Å²) in [6.45, 7) is 5.99. The van der Waals surface area contributed by atoms with Crippen LogP contribution < -0.4 is 9.80 Å². The first-order chi connectivity index (χ1) is 12.3. The van der Waals surface area contributed by atoms with Gasteiger partial charge in [-0.1, -0.05) is 0 Å². The average molecular weight is 345 g/mol. The summed E-state index contributed by atoms with van der Waals surface area (Å²) in [5, 5.41) is 0. The Labute approximate surface area is 149 Å². The molecule has 1 amide bonds. The Balaban J connectivity index is 1.36. The standard InChI is InChI=1S/C18H27N5O2/c24-18(15-5-4-12-25-15)23-10-8-22(9-11-23)17-13-16(19-14-20-17)21-6-2-1-3-7-21/h13-15H,1-12H2/t15-/m1/s1. The van der Waals surface area contributed by atoms with E-state index in [2.05, 4.69) is 25.8 Å². The number of hydrogen-bond donors (Lipinski definition) is 0. The summed E-state index contributed by atoms with van der Waals surface area (Å²) in [6.07, 6.45) is 7.11. The minimum absolute atomic E-state index is 0.161. The summed E-state index contributed by atoms with van der Waals surface area (Å²) in [6, 6.07) is 2.10. The molecule has 0 aliphatic carbocycles. The fourth-order valence-electron chi connectivity index (χ4n) is 3.94. The third-order valence-electron chi connectivity index (χ3n) is 5.44. The predicted octanol–water partition coefficient (Wildman–Crippen LogP) is 1.29. The molecule has 1 aromatic heterocycles. The van der Waals surface area contributed by atoms with Crippen molar-refractivity contribution in [1.29, 1.82) is 0 Å². The number of amides is 1. The van der Waals surface area contributed by atoms with Crippen LogP contribution in [0.4, 0.5) is 11.6 Å². The number of nitrogens with zero attached hydrogens (tertiary/aromatic N) is 5. The van der Waals surface area contributed by atoms with Gasteiger partial charge in [0.05, 0.1) is 0 Å². The SMILES string of the molecule is O=C([C@H]1CCCO1)N1CCN(c2cc(N3CCCCC3)ncn2)CC1. The fourth-order valence-corrected chi connectivity index (χ4v) is 3.94. The maximum Gasteiger partial charge on any atom is 0.251 e. The molecule has 0 bridgehead atoms. The van der Waals surface area contributed by atoms with E-state index in [0.717, 1.165) is 70.4 Å². The molecule has 3 aliphatic rings. The molecule has 3 fully saturated rings. The molecule has 0 spiro atoms. The highest BCUT2D eigenvalue weighted by Gasteiger charge is 2.30. The van der Waals surface area contributed by atoms with Gasteiger partial charge in [0.25, 0.3) is 5.91 Å². The summed E-state index contributed by atoms with van der Waals surface area (Å²) < 4.78 is 5.53. The Morgan fingerprint density at radius 1 is 0.920 bits per heavy atom. The zero-order chi connectivity index (χ0) is 17.1. The van der Waals surface area contributed by atoms with Gasteiger partial charge >= 0.3 is 0 Å². The second-order valence-corrected chi connectivity index (χ2v) is 7.10. The first-order valence-electron chi connectivity index (χ1n) is 9.53. The van der Waals surface area contributed by atoms with Crippen molar-refractivity contribution in [2.75, 3.05) is 55.7 Å². The van der Waals surface area contributed by atoms with Crippen LogP contribution in [-0.2, 0) is 9.53 Å². The molecule has 0 radical (unpaired) electrons. The van der Waals surface area contributed by atoms with Gasteiger partial charge < -0.3 is 19.4 Å². The summed E-state index contributed by atoms with van der Waals surface area (Å²) in [7, 11) is 0. The molecule has 1 atom stereocenters. The van der Waals surface area contributed by atoms with Gasteiger partial charge in [-0.2, -0.15) is 0 Å². The van der Waals surface area contributed by atoms with Crippen LogP contribution in [0.3, 0.4) is 0 Å². The highest BCUT2D eigenvalue weighted by Crippen LogP contribution is 2.22. The molecule has 0 unspecified atom stereocenters. The Hall–Kier alpha value is -1.89. The van der Waals surface area contributed by atoms with Gasteiger partial charge in [0.15, 0.2) is 0 Å². The maximum absolute atomic E-state index is 12.5. The van der Waals surface area contributed by atoms with Crippen LogP contribution in [-0.4, -0.2) is 72.8 Å². The molecular weight excluding hydrogens is 318 g/mol. The van der Waals surface area contributed by atoms with Gasteiger partial charge in [-0.25, -0.2) is 9.97 Å². The van der Waals surface area contributed by atoms with Gasteiger partial charge in [-0.3, -0.25) is 4.79 Å². The summed E-state index contributed by atoms with van der Waals surface area (Å²) >= 11 is 0. The first-order valence-corrected chi connectivity index (χ1v) is 9.53. The number of hydrogen-bond acceptors (Lipinski definition) is 6. The highest BCUT2D eigenvalue weighted by atomic mass is 16.5. The van der Waals surface area contributed by atoms with Crippen LogP contribution in [0.1, 0.15) is 32.1 Å². The lowest BCUT2D eigenvalue weighted by atomic mass is 10.1. The molecule has 1 aromatic rings. The normalized spacial score (nSPS) is 24.6. The van der Waals surface area contributed by atoms with Crippen LogP contribution in [0.5, 0.6) is 0 Å². The van der Waals surface area contributed by atoms with Gasteiger partial charge in [0.2, 0.25) is 0 Å². The number of piperidine rings is 1. The number of anilines is 2. The van der Waals surface area contributed by atoms with Crippen molar-refractivity contribution in [2.24, 2.45) is 0 Å². The van der Waals surface area contributed by atoms with E-state index in [-0.39, 0.29) is 12.0 Å². The van der Waals surface area contributed by atoms with E-state index in [1.807, 2.05) is 4.90 Å². The first kappa shape index (κ1) is 16.6. The maximum atomic E-state index is 12.5. The minimum Gasteiger partial charge on any atom is -0.368 e. The van der Waals surface area contributed by atoms with Crippen LogP contribution in [0, 0.1) is 0 Å². The van der Waals surface area contributed by atoms with Crippen molar-refractivity contribution >= 4 is 17.5 Å². The van der Waals surface area contributed by atoms with E-state index in [1.165, 1.54) is 19.3 Å². The molecule has 0 N–H and O–H groups in total. The summed E-state index contributed by atoms with van der Waals surface area (Å²) in [5.41, 5.74) is 0. The molecule has 7 heteroatoms. The van der Waals surface area contributed by atoms with Crippen LogP contribution >= 0.6 is 0 Å². The van der Waals surface area contributed by atoms with E-state index in [4.69, 9.17) is 4.74 Å². The molecule has 0 saturated carbocycles. The Morgan fingerprint density at radius 2 is 1.60 bits per heavy atom. The monoisotopic (exact) mass is 345 g/mol. The zero-order valence-electron chi connectivity index (χ0n) is 14.8. The number of aromatic nitrogens is 2. The molecule has 136 valence electrons. The molecule has 25 heavy (non-hydrogen) atoms. The lowest BCUT2D eigenvalue weighted by molar-refractivity contribution is -0.141. The minimum atomic E-state index is -0.212. The van der Waals surface area contributed by atoms with Gasteiger partial charge in [-0.05, 0) is 32.1 Å². The number of rotatable bonds is 3. The van der Waals surface area contributed by atoms with Crippen LogP contribution in [0.25, 0.3) is 0 Å². The van der Waals surface area contributed by atoms with Crippen molar-refractivity contribution in [1.82, 2.24) is 14.9 Å². The molecule has 4 rings (SSSR count). The van der Waals surface area contributed by atoms with Crippen molar-refractivity contribution in [3.63, 3.8) is 0 Å². The van der Waals surface area contributed by atoms with Crippen molar-refractivity contribution in [3.8, 4) is 0 Å².